The van der Waals surface area contributed by atoms with Gasteiger partial charge in [-0.2, -0.15) is 0 Å². The van der Waals surface area contributed by atoms with Gasteiger partial charge in [0.2, 0.25) is 0 Å². The van der Waals surface area contributed by atoms with E-state index in [9.17, 15) is 4.79 Å². The third-order valence-corrected chi connectivity index (χ3v) is 4.27. The second-order valence-electron chi connectivity index (χ2n) is 6.24. The van der Waals surface area contributed by atoms with E-state index in [2.05, 4.69) is 45.0 Å². The van der Waals surface area contributed by atoms with Crippen LogP contribution in [0.5, 0.6) is 5.75 Å². The first kappa shape index (κ1) is 16.3. The Kier molecular flexibility index (Phi) is 5.37. The van der Waals surface area contributed by atoms with Crippen LogP contribution in [0.2, 0.25) is 0 Å². The van der Waals surface area contributed by atoms with Crippen LogP contribution in [0.25, 0.3) is 0 Å². The minimum absolute atomic E-state index is 0.216. The van der Waals surface area contributed by atoms with E-state index in [0.29, 0.717) is 13.0 Å². The average molecular weight is 296 g/mol. The zero-order valence-electron chi connectivity index (χ0n) is 13.6. The molecule has 2 rings (SSSR count). The van der Waals surface area contributed by atoms with Crippen molar-refractivity contribution in [3.8, 4) is 5.75 Å². The van der Waals surface area contributed by atoms with E-state index in [0.717, 1.165) is 29.6 Å². The zero-order chi connectivity index (χ0) is 16.0. The number of ether oxygens (including phenoxy) is 1. The molecule has 0 aliphatic rings. The summed E-state index contributed by atoms with van der Waals surface area (Å²) in [7, 11) is 0. The lowest BCUT2D eigenvalue weighted by Crippen LogP contribution is -2.15. The van der Waals surface area contributed by atoms with E-state index >= 15 is 0 Å². The smallest absolute Gasteiger partial charge is 0.124 e. The summed E-state index contributed by atoms with van der Waals surface area (Å²) in [5.41, 5.74) is 3.74. The molecule has 2 aromatic rings. The van der Waals surface area contributed by atoms with E-state index in [-0.39, 0.29) is 5.41 Å². The molecule has 0 N–H and O–H groups in total. The lowest BCUT2D eigenvalue weighted by molar-refractivity contribution is -0.107. The lowest BCUT2D eigenvalue weighted by atomic mass is 9.82. The van der Waals surface area contributed by atoms with Gasteiger partial charge in [0.15, 0.2) is 0 Å². The maximum atomic E-state index is 10.5. The summed E-state index contributed by atoms with van der Waals surface area (Å²) in [5, 5.41) is 0. The topological polar surface area (TPSA) is 26.3 Å². The Labute approximate surface area is 133 Å². The predicted molar refractivity (Wildman–Crippen MR) is 90.3 cm³/mol. The van der Waals surface area contributed by atoms with Crippen LogP contribution < -0.4 is 4.74 Å². The third-order valence-electron chi connectivity index (χ3n) is 4.27. The van der Waals surface area contributed by atoms with Crippen molar-refractivity contribution in [3.05, 3.63) is 65.2 Å². The van der Waals surface area contributed by atoms with Gasteiger partial charge in [-0.1, -0.05) is 57.2 Å². The van der Waals surface area contributed by atoms with Gasteiger partial charge in [0.1, 0.15) is 18.6 Å². The normalized spacial score (nSPS) is 11.2. The van der Waals surface area contributed by atoms with E-state index in [1.165, 1.54) is 5.56 Å². The molecule has 0 aliphatic heterocycles. The second-order valence-corrected chi connectivity index (χ2v) is 6.24. The number of rotatable bonds is 7. The van der Waals surface area contributed by atoms with E-state index in [1.54, 1.807) is 0 Å². The highest BCUT2D eigenvalue weighted by Crippen LogP contribution is 2.26. The van der Waals surface area contributed by atoms with Gasteiger partial charge in [0.25, 0.3) is 0 Å². The molecule has 0 radical (unpaired) electrons. The number of carbonyl (C=O) groups excluding carboxylic acids is 1. The minimum atomic E-state index is 0.216. The molecule has 2 nitrogen and oxygen atoms in total. The van der Waals surface area contributed by atoms with Crippen molar-refractivity contribution in [2.24, 2.45) is 0 Å². The molecule has 0 spiro atoms. The van der Waals surface area contributed by atoms with Crippen LogP contribution in [0.15, 0.2) is 48.5 Å². The Hall–Kier alpha value is -2.09. The Bertz CT molecular complexity index is 595. The summed E-state index contributed by atoms with van der Waals surface area (Å²) in [5.74, 6) is 0.826. The molecule has 22 heavy (non-hydrogen) atoms. The number of carbonyl (C=O) groups is 1. The van der Waals surface area contributed by atoms with E-state index in [1.807, 2.05) is 24.3 Å². The van der Waals surface area contributed by atoms with Crippen molar-refractivity contribution < 1.29 is 9.53 Å². The fourth-order valence-electron chi connectivity index (χ4n) is 2.24. The van der Waals surface area contributed by atoms with Gasteiger partial charge in [-0.05, 0) is 40.7 Å². The molecule has 0 amide bonds. The molecule has 0 fully saturated rings. The first-order valence-corrected chi connectivity index (χ1v) is 7.80. The number of hydrogen-bond donors (Lipinski definition) is 0. The average Bonchev–Trinajstić information content (AvgIpc) is 2.55. The zero-order valence-corrected chi connectivity index (χ0v) is 13.6. The molecule has 0 aliphatic carbocycles. The standard InChI is InChI=1S/C20H24O2/c1-4-20(2,3)18-9-5-17(6-10-18)15-22-19-11-7-16(8-12-19)13-14-21/h5-12,14H,4,13,15H2,1-3H3. The second kappa shape index (κ2) is 7.26. The van der Waals surface area contributed by atoms with Crippen LogP contribution in [0.3, 0.4) is 0 Å². The van der Waals surface area contributed by atoms with E-state index < -0.39 is 0 Å². The van der Waals surface area contributed by atoms with Crippen LogP contribution >= 0.6 is 0 Å². The fourth-order valence-corrected chi connectivity index (χ4v) is 2.24. The highest BCUT2D eigenvalue weighted by atomic mass is 16.5. The van der Waals surface area contributed by atoms with Crippen LogP contribution in [-0.2, 0) is 23.2 Å². The SMILES string of the molecule is CCC(C)(C)c1ccc(COc2ccc(CC=O)cc2)cc1. The van der Waals surface area contributed by atoms with Crippen molar-refractivity contribution >= 4 is 6.29 Å². The molecule has 2 heteroatoms. The molecule has 0 saturated heterocycles. The molecule has 0 bridgehead atoms. The van der Waals surface area contributed by atoms with Crippen molar-refractivity contribution in [1.29, 1.82) is 0 Å². The van der Waals surface area contributed by atoms with Gasteiger partial charge in [-0.15, -0.1) is 0 Å². The van der Waals surface area contributed by atoms with Crippen molar-refractivity contribution in [1.82, 2.24) is 0 Å². The van der Waals surface area contributed by atoms with Gasteiger partial charge in [0, 0.05) is 6.42 Å². The summed E-state index contributed by atoms with van der Waals surface area (Å²) < 4.78 is 5.79. The van der Waals surface area contributed by atoms with Gasteiger partial charge in [0.05, 0.1) is 0 Å². The first-order valence-electron chi connectivity index (χ1n) is 7.80. The van der Waals surface area contributed by atoms with Crippen LogP contribution in [0.1, 0.15) is 43.9 Å². The Morgan fingerprint density at radius 3 is 2.09 bits per heavy atom. The van der Waals surface area contributed by atoms with Crippen molar-refractivity contribution in [3.63, 3.8) is 0 Å². The molecule has 116 valence electrons. The van der Waals surface area contributed by atoms with Gasteiger partial charge in [-0.3, -0.25) is 0 Å². The largest absolute Gasteiger partial charge is 0.489 e. The van der Waals surface area contributed by atoms with Crippen LogP contribution in [0.4, 0.5) is 0 Å². The van der Waals surface area contributed by atoms with Crippen LogP contribution in [-0.4, -0.2) is 6.29 Å². The highest BCUT2D eigenvalue weighted by molar-refractivity contribution is 5.55. The summed E-state index contributed by atoms with van der Waals surface area (Å²) in [6.07, 6.45) is 2.49. The van der Waals surface area contributed by atoms with Crippen LogP contribution in [0, 0.1) is 0 Å². The summed E-state index contributed by atoms with van der Waals surface area (Å²) in [6, 6.07) is 16.3. The molecular weight excluding hydrogens is 272 g/mol. The molecule has 0 saturated carbocycles. The number of hydrogen-bond acceptors (Lipinski definition) is 2. The molecule has 2 aromatic carbocycles. The Balaban J connectivity index is 1.95. The first-order chi connectivity index (χ1) is 10.5. The summed E-state index contributed by atoms with van der Waals surface area (Å²) >= 11 is 0. The molecular formula is C20H24O2. The molecule has 0 heterocycles. The van der Waals surface area contributed by atoms with Gasteiger partial charge < -0.3 is 9.53 Å². The molecule has 0 aromatic heterocycles. The summed E-state index contributed by atoms with van der Waals surface area (Å²) in [4.78, 5) is 10.5. The van der Waals surface area contributed by atoms with Crippen molar-refractivity contribution in [2.45, 2.75) is 45.6 Å². The lowest BCUT2D eigenvalue weighted by Gasteiger charge is -2.23. The van der Waals surface area contributed by atoms with Crippen molar-refractivity contribution in [2.75, 3.05) is 0 Å². The fraction of sp³-hybridized carbons (Fsp3) is 0.350. The molecule has 0 unspecified atom stereocenters. The van der Waals surface area contributed by atoms with Gasteiger partial charge >= 0.3 is 0 Å². The Morgan fingerprint density at radius 2 is 1.55 bits per heavy atom. The number of benzene rings is 2. The summed E-state index contributed by atoms with van der Waals surface area (Å²) in [6.45, 7) is 7.30. The predicted octanol–water partition coefficient (Wildman–Crippen LogP) is 4.69. The third kappa shape index (κ3) is 4.20. The quantitative estimate of drug-likeness (QED) is 0.693. The maximum Gasteiger partial charge on any atom is 0.124 e. The number of aldehydes is 1. The minimum Gasteiger partial charge on any atom is -0.489 e. The maximum absolute atomic E-state index is 10.5. The van der Waals surface area contributed by atoms with Gasteiger partial charge in [-0.25, -0.2) is 0 Å². The highest BCUT2D eigenvalue weighted by Gasteiger charge is 2.17. The van der Waals surface area contributed by atoms with E-state index in [4.69, 9.17) is 4.74 Å². The molecule has 0 atom stereocenters. The Morgan fingerprint density at radius 1 is 0.955 bits per heavy atom. The monoisotopic (exact) mass is 296 g/mol.